The molecule has 11 heteroatoms. The fourth-order valence-electron chi connectivity index (χ4n) is 5.84. The zero-order valence-electron chi connectivity index (χ0n) is 25.7. The highest BCUT2D eigenvalue weighted by Gasteiger charge is 2.51. The highest BCUT2D eigenvalue weighted by Crippen LogP contribution is 2.38. The van der Waals surface area contributed by atoms with Crippen molar-refractivity contribution in [2.45, 2.75) is 57.6 Å². The molecule has 2 N–H and O–H groups in total. The minimum absolute atomic E-state index is 0.0332. The molecule has 5 rings (SSSR count). The predicted molar refractivity (Wildman–Crippen MR) is 172 cm³/mol. The Labute approximate surface area is 262 Å². The Balaban J connectivity index is 1.47. The Hall–Kier alpha value is -4.58. The molecule has 0 saturated carbocycles. The van der Waals surface area contributed by atoms with E-state index in [-0.39, 0.29) is 18.1 Å². The standard InChI is InChI=1S/C34H37N3O7Si/c1-23-21-37(32(40)35-30(23)38)29-20-27(44-33(41)36-31(39)24-14-8-5-9-15-24)28(43-29)22-42-45(34(2,3)4,25-16-10-6-11-17-25)26-18-12-7-13-19-26/h5-19,21,27-29H,20,22H2,1-4H3,(H,35,38,40)(H,36,39,41)/t27-,28+,29+/m0/s1. The summed E-state index contributed by atoms with van der Waals surface area (Å²) in [6.45, 7) is 8.07. The first-order valence-electron chi connectivity index (χ1n) is 14.8. The number of aryl methyl sites for hydroxylation is 1. The molecule has 2 heterocycles. The average Bonchev–Trinajstić information content (AvgIpc) is 3.41. The second-order valence-corrected chi connectivity index (χ2v) is 16.4. The predicted octanol–water partition coefficient (Wildman–Crippen LogP) is 3.64. The molecule has 0 aliphatic carbocycles. The Morgan fingerprint density at radius 3 is 2.04 bits per heavy atom. The van der Waals surface area contributed by atoms with Crippen LogP contribution in [0.5, 0.6) is 0 Å². The van der Waals surface area contributed by atoms with E-state index in [0.29, 0.717) is 11.1 Å². The first-order chi connectivity index (χ1) is 21.5. The molecule has 1 aromatic heterocycles. The number of benzene rings is 3. The van der Waals surface area contributed by atoms with Crippen molar-refractivity contribution in [2.24, 2.45) is 0 Å². The van der Waals surface area contributed by atoms with Gasteiger partial charge in [0.15, 0.2) is 0 Å². The van der Waals surface area contributed by atoms with Crippen molar-refractivity contribution >= 4 is 30.7 Å². The average molecular weight is 628 g/mol. The first-order valence-corrected chi connectivity index (χ1v) is 16.7. The third-order valence-electron chi connectivity index (χ3n) is 8.03. The lowest BCUT2D eigenvalue weighted by Crippen LogP contribution is -2.67. The second kappa shape index (κ2) is 13.2. The van der Waals surface area contributed by atoms with Gasteiger partial charge in [0.2, 0.25) is 0 Å². The summed E-state index contributed by atoms with van der Waals surface area (Å²) in [7, 11) is -2.99. The van der Waals surface area contributed by atoms with E-state index in [0.717, 1.165) is 10.4 Å². The van der Waals surface area contributed by atoms with Gasteiger partial charge in [-0.15, -0.1) is 0 Å². The van der Waals surface area contributed by atoms with Crippen molar-refractivity contribution in [3.05, 3.63) is 129 Å². The summed E-state index contributed by atoms with van der Waals surface area (Å²) >= 11 is 0. The molecule has 1 aliphatic heterocycles. The van der Waals surface area contributed by atoms with Crippen molar-refractivity contribution in [1.29, 1.82) is 0 Å². The molecule has 0 bridgehead atoms. The van der Waals surface area contributed by atoms with Gasteiger partial charge in [-0.25, -0.2) is 9.59 Å². The van der Waals surface area contributed by atoms with Crippen molar-refractivity contribution in [3.63, 3.8) is 0 Å². The van der Waals surface area contributed by atoms with E-state index in [1.807, 2.05) is 36.4 Å². The van der Waals surface area contributed by atoms with Crippen LogP contribution in [0.1, 0.15) is 49.3 Å². The smallest absolute Gasteiger partial charge is 0.414 e. The molecule has 234 valence electrons. The molecule has 10 nitrogen and oxygen atoms in total. The van der Waals surface area contributed by atoms with Crippen LogP contribution in [0.15, 0.2) is 107 Å². The molecule has 3 aromatic carbocycles. The van der Waals surface area contributed by atoms with Gasteiger partial charge >= 0.3 is 11.8 Å². The zero-order valence-corrected chi connectivity index (χ0v) is 26.7. The molecule has 1 fully saturated rings. The molecule has 45 heavy (non-hydrogen) atoms. The number of amides is 2. The summed E-state index contributed by atoms with van der Waals surface area (Å²) in [5.74, 6) is -0.608. The number of rotatable bonds is 8. The van der Waals surface area contributed by atoms with Gasteiger partial charge < -0.3 is 13.9 Å². The van der Waals surface area contributed by atoms with E-state index in [2.05, 4.69) is 55.3 Å². The van der Waals surface area contributed by atoms with Crippen LogP contribution in [0.4, 0.5) is 4.79 Å². The number of nitrogens with zero attached hydrogens (tertiary/aromatic N) is 1. The van der Waals surface area contributed by atoms with Crippen LogP contribution in [-0.2, 0) is 13.9 Å². The minimum Gasteiger partial charge on any atom is -0.443 e. The molecule has 3 atom stereocenters. The number of imide groups is 1. The number of carbonyl (C=O) groups is 2. The number of ether oxygens (including phenoxy) is 2. The summed E-state index contributed by atoms with van der Waals surface area (Å²) in [5.41, 5.74) is -0.510. The highest BCUT2D eigenvalue weighted by atomic mass is 28.4. The Morgan fingerprint density at radius 2 is 1.49 bits per heavy atom. The number of alkyl carbamates (subject to hydrolysis) is 1. The Morgan fingerprint density at radius 1 is 0.933 bits per heavy atom. The van der Waals surface area contributed by atoms with Crippen LogP contribution < -0.4 is 26.9 Å². The Kier molecular flexibility index (Phi) is 9.33. The minimum atomic E-state index is -2.99. The first kappa shape index (κ1) is 31.8. The van der Waals surface area contributed by atoms with E-state index < -0.39 is 50.0 Å². The number of carbonyl (C=O) groups excluding carboxylic acids is 2. The number of hydrogen-bond acceptors (Lipinski definition) is 7. The third kappa shape index (κ3) is 6.75. The number of nitrogens with one attached hydrogen (secondary N) is 2. The third-order valence-corrected chi connectivity index (χ3v) is 13.0. The number of aromatic amines is 1. The monoisotopic (exact) mass is 627 g/mol. The van der Waals surface area contributed by atoms with Gasteiger partial charge in [-0.05, 0) is 34.5 Å². The summed E-state index contributed by atoms with van der Waals surface area (Å²) in [5, 5.41) is 4.08. The van der Waals surface area contributed by atoms with Gasteiger partial charge in [0.05, 0.1) is 6.61 Å². The lowest BCUT2D eigenvalue weighted by atomic mass is 10.2. The lowest BCUT2D eigenvalue weighted by molar-refractivity contribution is -0.0451. The largest absolute Gasteiger partial charge is 0.443 e. The fourth-order valence-corrected chi connectivity index (χ4v) is 10.4. The molecule has 1 aliphatic rings. The van der Waals surface area contributed by atoms with Crippen LogP contribution in [0, 0.1) is 6.92 Å². The number of aromatic nitrogens is 2. The van der Waals surface area contributed by atoms with Crippen molar-refractivity contribution in [2.75, 3.05) is 6.61 Å². The van der Waals surface area contributed by atoms with E-state index in [1.54, 1.807) is 37.3 Å². The Bertz CT molecular complexity index is 1710. The summed E-state index contributed by atoms with van der Waals surface area (Å²) in [6.07, 6.45) is -1.97. The molecule has 1 saturated heterocycles. The summed E-state index contributed by atoms with van der Waals surface area (Å²) < 4.78 is 20.5. The van der Waals surface area contributed by atoms with E-state index in [9.17, 15) is 19.2 Å². The summed E-state index contributed by atoms with van der Waals surface area (Å²) in [4.78, 5) is 52.7. The quantitative estimate of drug-likeness (QED) is 0.286. The topological polar surface area (TPSA) is 129 Å². The van der Waals surface area contributed by atoms with E-state index >= 15 is 0 Å². The normalized spacial score (nSPS) is 18.4. The SMILES string of the molecule is Cc1cn([C@H]2C[C@H](OC(=O)NC(=O)c3ccccc3)[C@@H](CO[Si](c3ccccc3)(c3ccccc3)C(C)(C)C)O2)c(=O)[nH]c1=O. The molecule has 2 amide bonds. The van der Waals surface area contributed by atoms with Gasteiger partial charge in [-0.3, -0.25) is 24.5 Å². The van der Waals surface area contributed by atoms with Crippen molar-refractivity contribution < 1.29 is 23.5 Å². The molecule has 0 spiro atoms. The molecule has 0 radical (unpaired) electrons. The highest BCUT2D eigenvalue weighted by molar-refractivity contribution is 6.99. The van der Waals surface area contributed by atoms with E-state index in [4.69, 9.17) is 13.9 Å². The van der Waals surface area contributed by atoms with Crippen LogP contribution in [0.3, 0.4) is 0 Å². The van der Waals surface area contributed by atoms with Crippen LogP contribution >= 0.6 is 0 Å². The van der Waals surface area contributed by atoms with Crippen LogP contribution in [0.2, 0.25) is 5.04 Å². The summed E-state index contributed by atoms with van der Waals surface area (Å²) in [6, 6.07) is 28.5. The zero-order chi connectivity index (χ0) is 32.2. The van der Waals surface area contributed by atoms with Gasteiger partial charge in [-0.2, -0.15) is 0 Å². The lowest BCUT2D eigenvalue weighted by Gasteiger charge is -2.43. The van der Waals surface area contributed by atoms with Crippen molar-refractivity contribution in [1.82, 2.24) is 14.9 Å². The molecule has 0 unspecified atom stereocenters. The van der Waals surface area contributed by atoms with Gasteiger partial charge in [0.1, 0.15) is 18.4 Å². The van der Waals surface area contributed by atoms with Gasteiger partial charge in [-0.1, -0.05) is 99.6 Å². The fraction of sp³-hybridized carbons (Fsp3) is 0.294. The van der Waals surface area contributed by atoms with Crippen molar-refractivity contribution in [3.8, 4) is 0 Å². The van der Waals surface area contributed by atoms with E-state index in [1.165, 1.54) is 10.8 Å². The second-order valence-electron chi connectivity index (χ2n) is 12.1. The maximum Gasteiger partial charge on any atom is 0.414 e. The maximum atomic E-state index is 13.0. The van der Waals surface area contributed by atoms with Gasteiger partial charge in [0, 0.05) is 23.7 Å². The molecular formula is C34H37N3O7Si. The van der Waals surface area contributed by atoms with Crippen LogP contribution in [-0.4, -0.2) is 48.7 Å². The molecular weight excluding hydrogens is 590 g/mol. The van der Waals surface area contributed by atoms with Crippen LogP contribution in [0.25, 0.3) is 0 Å². The number of hydrogen-bond donors (Lipinski definition) is 2. The molecule has 4 aromatic rings. The maximum absolute atomic E-state index is 13.0. The van der Waals surface area contributed by atoms with Gasteiger partial charge in [0.25, 0.3) is 19.8 Å². The number of H-pyrrole nitrogens is 1.